The predicted molar refractivity (Wildman–Crippen MR) is 75.7 cm³/mol. The second-order valence-corrected chi connectivity index (χ2v) is 6.82. The van der Waals surface area contributed by atoms with Gasteiger partial charge in [-0.2, -0.15) is 0 Å². The molecule has 1 aliphatic carbocycles. The Labute approximate surface area is 116 Å². The van der Waals surface area contributed by atoms with E-state index in [0.29, 0.717) is 11.8 Å². The summed E-state index contributed by atoms with van der Waals surface area (Å²) in [5.74, 6) is 1.24. The average Bonchev–Trinajstić information content (AvgIpc) is 3.11. The van der Waals surface area contributed by atoms with E-state index in [-0.39, 0.29) is 24.0 Å². The van der Waals surface area contributed by atoms with Gasteiger partial charge in [-0.3, -0.25) is 4.79 Å². The van der Waals surface area contributed by atoms with Gasteiger partial charge < -0.3 is 15.3 Å². The SMILES string of the molecule is CC(C)C(=O)NC1CC(CC(O)C2CC2)CN(C)C1. The predicted octanol–water partition coefficient (Wildman–Crippen LogP) is 1.24. The standard InChI is InChI=1S/C15H28N2O2/c1-10(2)15(19)16-13-6-11(8-17(3)9-13)7-14(18)12-4-5-12/h10-14,18H,4-9H2,1-3H3,(H,16,19). The van der Waals surface area contributed by atoms with Crippen LogP contribution in [0.15, 0.2) is 0 Å². The normalized spacial score (nSPS) is 30.4. The Bertz CT molecular complexity index is 315. The van der Waals surface area contributed by atoms with E-state index in [1.165, 1.54) is 12.8 Å². The van der Waals surface area contributed by atoms with Crippen LogP contribution in [0.5, 0.6) is 0 Å². The van der Waals surface area contributed by atoms with Crippen LogP contribution in [0.25, 0.3) is 0 Å². The van der Waals surface area contributed by atoms with Gasteiger partial charge in [0, 0.05) is 25.0 Å². The molecule has 2 fully saturated rings. The van der Waals surface area contributed by atoms with Crippen molar-refractivity contribution in [3.8, 4) is 0 Å². The van der Waals surface area contributed by atoms with Crippen molar-refractivity contribution < 1.29 is 9.90 Å². The highest BCUT2D eigenvalue weighted by Gasteiger charge is 2.34. The molecule has 2 rings (SSSR count). The smallest absolute Gasteiger partial charge is 0.222 e. The fourth-order valence-corrected chi connectivity index (χ4v) is 3.10. The Morgan fingerprint density at radius 1 is 1.37 bits per heavy atom. The second-order valence-electron chi connectivity index (χ2n) is 6.82. The summed E-state index contributed by atoms with van der Waals surface area (Å²) in [7, 11) is 2.10. The summed E-state index contributed by atoms with van der Waals surface area (Å²) in [5, 5.41) is 13.2. The number of likely N-dealkylation sites (N-methyl/N-ethyl adjacent to an activating group) is 1. The van der Waals surface area contributed by atoms with E-state index in [1.54, 1.807) is 0 Å². The number of nitrogens with one attached hydrogen (secondary N) is 1. The third kappa shape index (κ3) is 4.46. The lowest BCUT2D eigenvalue weighted by Gasteiger charge is -2.37. The lowest BCUT2D eigenvalue weighted by molar-refractivity contribution is -0.125. The average molecular weight is 268 g/mol. The maximum absolute atomic E-state index is 11.8. The van der Waals surface area contributed by atoms with Crippen LogP contribution in [0.1, 0.15) is 39.5 Å². The van der Waals surface area contributed by atoms with E-state index in [0.717, 1.165) is 25.9 Å². The molecule has 3 atom stereocenters. The molecule has 4 nitrogen and oxygen atoms in total. The molecular formula is C15H28N2O2. The first-order valence-electron chi connectivity index (χ1n) is 7.62. The zero-order chi connectivity index (χ0) is 14.0. The Hall–Kier alpha value is -0.610. The summed E-state index contributed by atoms with van der Waals surface area (Å²) in [6, 6.07) is 0.241. The van der Waals surface area contributed by atoms with Crippen LogP contribution < -0.4 is 5.32 Å². The fourth-order valence-electron chi connectivity index (χ4n) is 3.10. The fraction of sp³-hybridized carbons (Fsp3) is 0.933. The highest BCUT2D eigenvalue weighted by atomic mass is 16.3. The monoisotopic (exact) mass is 268 g/mol. The lowest BCUT2D eigenvalue weighted by Crippen LogP contribution is -2.50. The molecule has 110 valence electrons. The van der Waals surface area contributed by atoms with Crippen molar-refractivity contribution in [3.05, 3.63) is 0 Å². The van der Waals surface area contributed by atoms with E-state index >= 15 is 0 Å². The summed E-state index contributed by atoms with van der Waals surface area (Å²) in [6.45, 7) is 5.82. The van der Waals surface area contributed by atoms with Gasteiger partial charge in [0.25, 0.3) is 0 Å². The molecule has 1 amide bonds. The minimum absolute atomic E-state index is 0.0442. The highest BCUT2D eigenvalue weighted by Crippen LogP contribution is 2.36. The third-order valence-electron chi connectivity index (χ3n) is 4.33. The third-order valence-corrected chi connectivity index (χ3v) is 4.33. The molecule has 0 bridgehead atoms. The van der Waals surface area contributed by atoms with Gasteiger partial charge in [-0.05, 0) is 44.6 Å². The van der Waals surface area contributed by atoms with Crippen LogP contribution in [-0.2, 0) is 4.79 Å². The number of piperidine rings is 1. The van der Waals surface area contributed by atoms with Gasteiger partial charge in [-0.25, -0.2) is 0 Å². The number of amides is 1. The molecule has 1 saturated heterocycles. The number of hydrogen-bond donors (Lipinski definition) is 2. The highest BCUT2D eigenvalue weighted by molar-refractivity contribution is 5.78. The van der Waals surface area contributed by atoms with E-state index in [1.807, 2.05) is 13.8 Å². The van der Waals surface area contributed by atoms with Crippen LogP contribution in [-0.4, -0.2) is 48.2 Å². The van der Waals surface area contributed by atoms with Crippen molar-refractivity contribution in [3.63, 3.8) is 0 Å². The first-order chi connectivity index (χ1) is 8.95. The number of nitrogens with zero attached hydrogens (tertiary/aromatic N) is 1. The molecule has 4 heteroatoms. The van der Waals surface area contributed by atoms with Gasteiger partial charge in [0.2, 0.25) is 5.91 Å². The maximum atomic E-state index is 11.8. The Morgan fingerprint density at radius 2 is 2.05 bits per heavy atom. The van der Waals surface area contributed by atoms with Gasteiger partial charge in [0.15, 0.2) is 0 Å². The molecule has 0 aromatic heterocycles. The molecule has 0 aromatic rings. The molecule has 1 saturated carbocycles. The second kappa shape index (κ2) is 6.23. The molecule has 1 heterocycles. The quantitative estimate of drug-likeness (QED) is 0.789. The number of carbonyl (C=O) groups excluding carboxylic acids is 1. The van der Waals surface area contributed by atoms with Gasteiger partial charge in [0.1, 0.15) is 0 Å². The Kier molecular flexibility index (Phi) is 4.85. The van der Waals surface area contributed by atoms with E-state index < -0.39 is 0 Å². The van der Waals surface area contributed by atoms with Gasteiger partial charge in [0.05, 0.1) is 6.10 Å². The van der Waals surface area contributed by atoms with Crippen molar-refractivity contribution in [2.45, 2.75) is 51.7 Å². The van der Waals surface area contributed by atoms with Gasteiger partial charge >= 0.3 is 0 Å². The van der Waals surface area contributed by atoms with Crippen LogP contribution in [0, 0.1) is 17.8 Å². The number of carbonyl (C=O) groups is 1. The first kappa shape index (κ1) is 14.8. The maximum Gasteiger partial charge on any atom is 0.222 e. The number of likely N-dealkylation sites (tertiary alicyclic amines) is 1. The van der Waals surface area contributed by atoms with Crippen LogP contribution in [0.4, 0.5) is 0 Å². The van der Waals surface area contributed by atoms with Gasteiger partial charge in [-0.1, -0.05) is 13.8 Å². The van der Waals surface area contributed by atoms with E-state index in [2.05, 4.69) is 17.3 Å². The van der Waals surface area contributed by atoms with Crippen molar-refractivity contribution in [1.82, 2.24) is 10.2 Å². The molecule has 1 aliphatic heterocycles. The lowest BCUT2D eigenvalue weighted by atomic mass is 9.88. The van der Waals surface area contributed by atoms with Crippen LogP contribution >= 0.6 is 0 Å². The number of aliphatic hydroxyl groups is 1. The van der Waals surface area contributed by atoms with Crippen molar-refractivity contribution in [2.24, 2.45) is 17.8 Å². The van der Waals surface area contributed by atoms with Crippen LogP contribution in [0.2, 0.25) is 0 Å². The number of aliphatic hydroxyl groups excluding tert-OH is 1. The molecular weight excluding hydrogens is 240 g/mol. The summed E-state index contributed by atoms with van der Waals surface area (Å²) in [5.41, 5.74) is 0. The summed E-state index contributed by atoms with van der Waals surface area (Å²) < 4.78 is 0. The van der Waals surface area contributed by atoms with Crippen molar-refractivity contribution in [2.75, 3.05) is 20.1 Å². The molecule has 2 N–H and O–H groups in total. The Morgan fingerprint density at radius 3 is 2.63 bits per heavy atom. The first-order valence-corrected chi connectivity index (χ1v) is 7.62. The molecule has 3 unspecified atom stereocenters. The zero-order valence-electron chi connectivity index (χ0n) is 12.4. The molecule has 2 aliphatic rings. The number of rotatable bonds is 5. The zero-order valence-corrected chi connectivity index (χ0v) is 12.4. The molecule has 0 spiro atoms. The van der Waals surface area contributed by atoms with Gasteiger partial charge in [-0.15, -0.1) is 0 Å². The molecule has 0 aromatic carbocycles. The van der Waals surface area contributed by atoms with Crippen LogP contribution in [0.3, 0.4) is 0 Å². The summed E-state index contributed by atoms with van der Waals surface area (Å²) in [4.78, 5) is 14.1. The topological polar surface area (TPSA) is 52.6 Å². The van der Waals surface area contributed by atoms with Crippen molar-refractivity contribution >= 4 is 5.91 Å². The van der Waals surface area contributed by atoms with E-state index in [9.17, 15) is 9.90 Å². The minimum atomic E-state index is -0.127. The molecule has 0 radical (unpaired) electrons. The summed E-state index contributed by atoms with van der Waals surface area (Å²) >= 11 is 0. The minimum Gasteiger partial charge on any atom is -0.393 e. The Balaban J connectivity index is 1.82. The largest absolute Gasteiger partial charge is 0.393 e. The van der Waals surface area contributed by atoms with Crippen molar-refractivity contribution in [1.29, 1.82) is 0 Å². The number of hydrogen-bond acceptors (Lipinski definition) is 3. The van der Waals surface area contributed by atoms with E-state index in [4.69, 9.17) is 0 Å². The summed E-state index contributed by atoms with van der Waals surface area (Å²) in [6.07, 6.45) is 4.15. The molecule has 19 heavy (non-hydrogen) atoms.